The van der Waals surface area contributed by atoms with Crippen molar-refractivity contribution in [2.24, 2.45) is 5.41 Å². The van der Waals surface area contributed by atoms with Crippen molar-refractivity contribution in [3.63, 3.8) is 0 Å². The molecule has 1 unspecified atom stereocenters. The minimum absolute atomic E-state index is 0.00367. The zero-order valence-electron chi connectivity index (χ0n) is 26.8. The van der Waals surface area contributed by atoms with Gasteiger partial charge in [0, 0.05) is 46.0 Å². The van der Waals surface area contributed by atoms with Gasteiger partial charge in [0.2, 0.25) is 5.91 Å². The Morgan fingerprint density at radius 1 is 1.13 bits per heavy atom. The van der Waals surface area contributed by atoms with E-state index < -0.39 is 53.4 Å². The Bertz CT molecular complexity index is 1740. The number of hydrogen-bond acceptors (Lipinski definition) is 7. The number of fused-ring (bicyclic) bond motifs is 1. The maximum atomic E-state index is 14.9. The van der Waals surface area contributed by atoms with E-state index in [4.69, 9.17) is 4.74 Å². The Balaban J connectivity index is 1.95. The highest BCUT2D eigenvalue weighted by Gasteiger charge is 2.27. The number of rotatable bonds is 10. The number of benzene rings is 1. The number of halogens is 2. The molecule has 0 saturated heterocycles. The highest BCUT2D eigenvalue weighted by molar-refractivity contribution is 5.95. The number of nitrogens with one attached hydrogen (secondary N) is 1. The number of amides is 3. The topological polar surface area (TPSA) is 156 Å². The highest BCUT2D eigenvalue weighted by atomic mass is 19.2. The Morgan fingerprint density at radius 2 is 1.80 bits per heavy atom. The minimum atomic E-state index is -1.52. The molecule has 2 aromatic heterocycles. The van der Waals surface area contributed by atoms with Crippen molar-refractivity contribution in [2.75, 3.05) is 33.5 Å². The lowest BCUT2D eigenvalue weighted by molar-refractivity contribution is -0.125. The molecule has 0 saturated carbocycles. The van der Waals surface area contributed by atoms with Crippen LogP contribution in [0.1, 0.15) is 45.0 Å². The van der Waals surface area contributed by atoms with E-state index >= 15 is 0 Å². The molecule has 0 aliphatic rings. The Kier molecular flexibility index (Phi) is 11.0. The van der Waals surface area contributed by atoms with Crippen molar-refractivity contribution in [3.05, 3.63) is 69.9 Å². The molecule has 13 nitrogen and oxygen atoms in total. The van der Waals surface area contributed by atoms with Crippen LogP contribution in [0, 0.1) is 17.0 Å². The van der Waals surface area contributed by atoms with Crippen molar-refractivity contribution in [3.8, 4) is 0 Å². The Morgan fingerprint density at radius 3 is 2.39 bits per heavy atom. The summed E-state index contributed by atoms with van der Waals surface area (Å²) < 4.78 is 36.6. The van der Waals surface area contributed by atoms with Gasteiger partial charge in [-0.15, -0.1) is 0 Å². The smallest absolute Gasteiger partial charge is 0.417 e. The summed E-state index contributed by atoms with van der Waals surface area (Å²) in [4.78, 5) is 69.7. The fourth-order valence-corrected chi connectivity index (χ4v) is 4.45. The summed E-state index contributed by atoms with van der Waals surface area (Å²) in [5.41, 5.74) is -1.75. The van der Waals surface area contributed by atoms with E-state index in [1.807, 2.05) is 20.8 Å². The zero-order valence-corrected chi connectivity index (χ0v) is 26.8. The molecule has 3 aromatic rings. The van der Waals surface area contributed by atoms with Gasteiger partial charge < -0.3 is 29.5 Å². The highest BCUT2D eigenvalue weighted by Crippen LogP contribution is 2.31. The van der Waals surface area contributed by atoms with Gasteiger partial charge >= 0.3 is 12.2 Å². The van der Waals surface area contributed by atoms with E-state index in [0.717, 1.165) is 15.5 Å². The van der Waals surface area contributed by atoms with Crippen LogP contribution in [0.4, 0.5) is 24.1 Å². The van der Waals surface area contributed by atoms with E-state index in [2.05, 4.69) is 10.3 Å². The molecule has 248 valence electrons. The van der Waals surface area contributed by atoms with E-state index in [1.54, 1.807) is 14.1 Å². The van der Waals surface area contributed by atoms with Gasteiger partial charge in [-0.25, -0.2) is 27.9 Å². The number of likely N-dealkylation sites (N-methyl/N-ethyl adjacent to an activating group) is 1. The SMILES string of the molecule is CN(C)C(=O)C=CCCC(OC(=O)N(C)C)C(=O)Nc1cccn(Cc2nc3c(CC(C)(C)C)c(F)c(F)cc3n2C(=O)O)c1=O. The van der Waals surface area contributed by atoms with E-state index in [0.29, 0.717) is 4.57 Å². The molecule has 15 heteroatoms. The number of hydrogen-bond donors (Lipinski definition) is 2. The largest absolute Gasteiger partial charge is 0.464 e. The molecule has 0 aliphatic carbocycles. The number of allylic oxidation sites excluding steroid dienone is 1. The van der Waals surface area contributed by atoms with Crippen LogP contribution < -0.4 is 10.9 Å². The Labute approximate surface area is 264 Å². The zero-order chi connectivity index (χ0) is 34.5. The third-order valence-corrected chi connectivity index (χ3v) is 6.69. The molecule has 0 bridgehead atoms. The number of carbonyl (C=O) groups is 4. The van der Waals surface area contributed by atoms with Crippen LogP contribution in [-0.2, 0) is 27.3 Å². The fraction of sp³-hybridized carbons (Fsp3) is 0.419. The second kappa shape index (κ2) is 14.3. The Hall–Kier alpha value is -5.08. The number of aromatic nitrogens is 3. The lowest BCUT2D eigenvalue weighted by atomic mass is 9.87. The molecular weight excluding hydrogens is 606 g/mol. The second-order valence-corrected chi connectivity index (χ2v) is 12.2. The summed E-state index contributed by atoms with van der Waals surface area (Å²) in [6.45, 7) is 5.01. The molecule has 3 amide bonds. The molecule has 2 N–H and O–H groups in total. The average molecular weight is 645 g/mol. The first-order chi connectivity index (χ1) is 21.4. The maximum Gasteiger partial charge on any atom is 0.417 e. The monoisotopic (exact) mass is 644 g/mol. The van der Waals surface area contributed by atoms with Crippen LogP contribution in [0.2, 0.25) is 0 Å². The van der Waals surface area contributed by atoms with Crippen molar-refractivity contribution < 1.29 is 37.8 Å². The molecule has 0 spiro atoms. The van der Waals surface area contributed by atoms with Gasteiger partial charge in [0.05, 0.1) is 17.6 Å². The van der Waals surface area contributed by atoms with E-state index in [1.165, 1.54) is 49.5 Å². The second-order valence-electron chi connectivity index (χ2n) is 12.2. The summed E-state index contributed by atoms with van der Waals surface area (Å²) in [5, 5.41) is 12.4. The maximum absolute atomic E-state index is 14.9. The number of carbonyl (C=O) groups excluding carboxylic acids is 3. The van der Waals surface area contributed by atoms with Gasteiger partial charge in [-0.2, -0.15) is 0 Å². The first kappa shape index (κ1) is 35.4. The van der Waals surface area contributed by atoms with E-state index in [9.17, 15) is 37.9 Å². The van der Waals surface area contributed by atoms with Crippen LogP contribution in [0.15, 0.2) is 41.3 Å². The molecule has 1 atom stereocenters. The van der Waals surface area contributed by atoms with Gasteiger partial charge in [0.1, 0.15) is 11.5 Å². The van der Waals surface area contributed by atoms with Crippen LogP contribution >= 0.6 is 0 Å². The molecule has 1 aromatic carbocycles. The first-order valence-corrected chi connectivity index (χ1v) is 14.3. The van der Waals surface area contributed by atoms with Gasteiger partial charge in [-0.3, -0.25) is 14.4 Å². The summed E-state index contributed by atoms with van der Waals surface area (Å²) in [5.74, 6) is -3.63. The fourth-order valence-electron chi connectivity index (χ4n) is 4.45. The molecular formula is C31H38F2N6O7. The first-order valence-electron chi connectivity index (χ1n) is 14.3. The number of pyridine rings is 1. The predicted molar refractivity (Wildman–Crippen MR) is 166 cm³/mol. The van der Waals surface area contributed by atoms with Crippen LogP contribution in [0.25, 0.3) is 11.0 Å². The summed E-state index contributed by atoms with van der Waals surface area (Å²) in [6, 6.07) is 3.48. The minimum Gasteiger partial charge on any atom is -0.464 e. The van der Waals surface area contributed by atoms with Crippen LogP contribution in [0.5, 0.6) is 0 Å². The number of ether oxygens (including phenoxy) is 1. The molecule has 0 fully saturated rings. The van der Waals surface area contributed by atoms with Crippen molar-refractivity contribution in [2.45, 2.75) is 52.7 Å². The summed E-state index contributed by atoms with van der Waals surface area (Å²) >= 11 is 0. The van der Waals surface area contributed by atoms with Gasteiger partial charge in [0.25, 0.3) is 11.5 Å². The number of imidazole rings is 1. The molecule has 0 radical (unpaired) electrons. The van der Waals surface area contributed by atoms with Crippen LogP contribution in [-0.4, -0.2) is 87.3 Å². The molecule has 2 heterocycles. The molecule has 0 aliphatic heterocycles. The van der Waals surface area contributed by atoms with Crippen molar-refractivity contribution >= 4 is 40.7 Å². The lowest BCUT2D eigenvalue weighted by Gasteiger charge is -2.19. The standard InChI is InChI=1S/C31H38F2N6O7/c1-31(2,3)16-18-25(33)19(32)15-21-26(18)35-23(39(21)29(43)44)17-38-14-10-11-20(28(38)42)34-27(41)22(46-30(45)37(6)7)12-8-9-13-24(40)36(4)5/h9-11,13-15,22H,8,12,16-17H2,1-7H3,(H,34,41)(H,43,44). The summed E-state index contributed by atoms with van der Waals surface area (Å²) in [6.07, 6.45) is 0.781. The average Bonchev–Trinajstić information content (AvgIpc) is 3.31. The third kappa shape index (κ3) is 8.55. The van der Waals surface area contributed by atoms with E-state index in [-0.39, 0.29) is 53.3 Å². The molecule has 46 heavy (non-hydrogen) atoms. The predicted octanol–water partition coefficient (Wildman–Crippen LogP) is 4.07. The number of carboxylic acid groups (broad SMARTS) is 1. The third-order valence-electron chi connectivity index (χ3n) is 6.69. The number of nitrogens with zero attached hydrogens (tertiary/aromatic N) is 5. The lowest BCUT2D eigenvalue weighted by Crippen LogP contribution is -2.37. The van der Waals surface area contributed by atoms with Crippen molar-refractivity contribution in [1.29, 1.82) is 0 Å². The number of anilines is 1. The van der Waals surface area contributed by atoms with Gasteiger partial charge in [0.15, 0.2) is 17.7 Å². The van der Waals surface area contributed by atoms with Crippen LogP contribution in [0.3, 0.4) is 0 Å². The summed E-state index contributed by atoms with van der Waals surface area (Å²) in [7, 11) is 6.02. The van der Waals surface area contributed by atoms with Gasteiger partial charge in [-0.05, 0) is 42.9 Å². The quantitative estimate of drug-likeness (QED) is 0.313. The normalized spacial score (nSPS) is 12.3. The molecule has 3 rings (SSSR count). The van der Waals surface area contributed by atoms with Gasteiger partial charge in [-0.1, -0.05) is 26.8 Å². The van der Waals surface area contributed by atoms with Crippen molar-refractivity contribution in [1.82, 2.24) is 23.9 Å².